The second kappa shape index (κ2) is 7.12. The van der Waals surface area contributed by atoms with E-state index in [4.69, 9.17) is 4.74 Å². The maximum absolute atomic E-state index is 12.6. The lowest BCUT2D eigenvalue weighted by molar-refractivity contribution is -0.384. The number of amides is 1. The number of nitro groups is 1. The van der Waals surface area contributed by atoms with E-state index < -0.39 is 16.6 Å². The lowest BCUT2D eigenvalue weighted by Gasteiger charge is -2.27. The van der Waals surface area contributed by atoms with Gasteiger partial charge < -0.3 is 4.74 Å². The first-order valence-electron chi connectivity index (χ1n) is 7.55. The number of hydrogen-bond acceptors (Lipinski definition) is 4. The Hall–Kier alpha value is -2.89. The number of nitrogens with zero attached hydrogens (tertiary/aromatic N) is 2. The third-order valence-corrected chi connectivity index (χ3v) is 3.14. The standard InChI is InChI=1S/C18H20N2O4/c1-18(2,3)24-17(21)19(15-9-5-4-6-10-15)13-14-8-7-11-16(12-14)20(22)23/h4-12H,13H2,1-3H3. The lowest BCUT2D eigenvalue weighted by Crippen LogP contribution is -2.36. The molecule has 0 unspecified atom stereocenters. The van der Waals surface area contributed by atoms with Gasteiger partial charge in [-0.3, -0.25) is 15.0 Å². The van der Waals surface area contributed by atoms with Gasteiger partial charge in [0.15, 0.2) is 0 Å². The van der Waals surface area contributed by atoms with Crippen LogP contribution in [0.5, 0.6) is 0 Å². The minimum absolute atomic E-state index is 0.00954. The highest BCUT2D eigenvalue weighted by Gasteiger charge is 2.24. The fraction of sp³-hybridized carbons (Fsp3) is 0.278. The topological polar surface area (TPSA) is 72.7 Å². The second-order valence-electron chi connectivity index (χ2n) is 6.33. The van der Waals surface area contributed by atoms with E-state index in [-0.39, 0.29) is 12.2 Å². The molecule has 1 amide bonds. The van der Waals surface area contributed by atoms with Gasteiger partial charge in [-0.15, -0.1) is 0 Å². The highest BCUT2D eigenvalue weighted by atomic mass is 16.6. The number of rotatable bonds is 4. The molecule has 0 atom stereocenters. The fourth-order valence-corrected chi connectivity index (χ4v) is 2.14. The van der Waals surface area contributed by atoms with Crippen LogP contribution in [0.25, 0.3) is 0 Å². The Morgan fingerprint density at radius 1 is 1.12 bits per heavy atom. The number of non-ortho nitro benzene ring substituents is 1. The molecule has 0 radical (unpaired) electrons. The number of ether oxygens (including phenoxy) is 1. The number of hydrogen-bond donors (Lipinski definition) is 0. The Morgan fingerprint density at radius 2 is 1.79 bits per heavy atom. The van der Waals surface area contributed by atoms with Gasteiger partial charge in [0.2, 0.25) is 0 Å². The van der Waals surface area contributed by atoms with Gasteiger partial charge in [-0.1, -0.05) is 30.3 Å². The molecule has 6 heteroatoms. The molecule has 0 aliphatic rings. The third kappa shape index (κ3) is 4.81. The molecule has 0 aliphatic heterocycles. The highest BCUT2D eigenvalue weighted by molar-refractivity contribution is 5.87. The molecule has 6 nitrogen and oxygen atoms in total. The largest absolute Gasteiger partial charge is 0.443 e. The van der Waals surface area contributed by atoms with Crippen LogP contribution in [0.15, 0.2) is 54.6 Å². The Kier molecular flexibility index (Phi) is 5.18. The van der Waals surface area contributed by atoms with Crippen molar-refractivity contribution in [3.63, 3.8) is 0 Å². The van der Waals surface area contributed by atoms with E-state index in [1.807, 2.05) is 18.2 Å². The molecule has 0 aliphatic carbocycles. The molecule has 24 heavy (non-hydrogen) atoms. The molecule has 0 fully saturated rings. The quantitative estimate of drug-likeness (QED) is 0.610. The molecule has 2 aromatic carbocycles. The maximum Gasteiger partial charge on any atom is 0.415 e. The fourth-order valence-electron chi connectivity index (χ4n) is 2.14. The summed E-state index contributed by atoms with van der Waals surface area (Å²) in [5.41, 5.74) is 0.675. The van der Waals surface area contributed by atoms with E-state index in [9.17, 15) is 14.9 Å². The van der Waals surface area contributed by atoms with Crippen molar-refractivity contribution in [1.29, 1.82) is 0 Å². The van der Waals surface area contributed by atoms with Crippen LogP contribution in [0, 0.1) is 10.1 Å². The zero-order valence-corrected chi connectivity index (χ0v) is 13.9. The van der Waals surface area contributed by atoms with Gasteiger partial charge in [-0.25, -0.2) is 4.79 Å². The first-order chi connectivity index (χ1) is 11.3. The number of benzene rings is 2. The van der Waals surface area contributed by atoms with E-state index >= 15 is 0 Å². The van der Waals surface area contributed by atoms with Crippen LogP contribution in [-0.4, -0.2) is 16.6 Å². The van der Waals surface area contributed by atoms with Crippen molar-refractivity contribution < 1.29 is 14.5 Å². The molecular formula is C18H20N2O4. The summed E-state index contributed by atoms with van der Waals surface area (Å²) >= 11 is 0. The normalized spacial score (nSPS) is 11.0. The molecule has 2 rings (SSSR count). The SMILES string of the molecule is CC(C)(C)OC(=O)N(Cc1cccc([N+](=O)[O-])c1)c1ccccc1. The number of para-hydroxylation sites is 1. The van der Waals surface area contributed by atoms with Crippen LogP contribution in [0.4, 0.5) is 16.2 Å². The van der Waals surface area contributed by atoms with Crippen molar-refractivity contribution in [3.8, 4) is 0 Å². The minimum atomic E-state index is -0.632. The third-order valence-electron chi connectivity index (χ3n) is 3.14. The van der Waals surface area contributed by atoms with Gasteiger partial charge in [0.1, 0.15) is 5.60 Å². The Balaban J connectivity index is 2.31. The van der Waals surface area contributed by atoms with Crippen LogP contribution in [0.2, 0.25) is 0 Å². The van der Waals surface area contributed by atoms with Crippen molar-refractivity contribution in [2.45, 2.75) is 32.9 Å². The Morgan fingerprint density at radius 3 is 2.38 bits per heavy atom. The number of anilines is 1. The predicted octanol–water partition coefficient (Wildman–Crippen LogP) is 4.54. The van der Waals surface area contributed by atoms with E-state index in [0.717, 1.165) is 0 Å². The lowest BCUT2D eigenvalue weighted by atomic mass is 10.1. The molecule has 0 bridgehead atoms. The van der Waals surface area contributed by atoms with Crippen molar-refractivity contribution in [2.24, 2.45) is 0 Å². The molecule has 0 heterocycles. The molecular weight excluding hydrogens is 308 g/mol. The maximum atomic E-state index is 12.6. The summed E-state index contributed by atoms with van der Waals surface area (Å²) in [5, 5.41) is 10.9. The molecule has 0 spiro atoms. The summed E-state index contributed by atoms with van der Waals surface area (Å²) < 4.78 is 5.46. The molecule has 0 saturated heterocycles. The van der Waals surface area contributed by atoms with Crippen molar-refractivity contribution in [1.82, 2.24) is 0 Å². The molecule has 0 N–H and O–H groups in total. The van der Waals surface area contributed by atoms with Crippen molar-refractivity contribution >= 4 is 17.5 Å². The highest BCUT2D eigenvalue weighted by Crippen LogP contribution is 2.22. The first kappa shape index (κ1) is 17.5. The van der Waals surface area contributed by atoms with Crippen LogP contribution >= 0.6 is 0 Å². The predicted molar refractivity (Wildman–Crippen MR) is 92.0 cm³/mol. The summed E-state index contributed by atoms with van der Waals surface area (Å²) in [6.07, 6.45) is -0.500. The van der Waals surface area contributed by atoms with Crippen LogP contribution in [-0.2, 0) is 11.3 Å². The van der Waals surface area contributed by atoms with Crippen LogP contribution in [0.1, 0.15) is 26.3 Å². The number of carbonyl (C=O) groups excluding carboxylic acids is 1. The summed E-state index contributed by atoms with van der Waals surface area (Å²) in [7, 11) is 0. The van der Waals surface area contributed by atoms with E-state index in [2.05, 4.69) is 0 Å². The van der Waals surface area contributed by atoms with Crippen LogP contribution < -0.4 is 4.90 Å². The zero-order valence-electron chi connectivity index (χ0n) is 13.9. The van der Waals surface area contributed by atoms with Gasteiger partial charge in [0.25, 0.3) is 5.69 Å². The van der Waals surface area contributed by atoms with Crippen molar-refractivity contribution in [2.75, 3.05) is 4.90 Å². The summed E-state index contributed by atoms with van der Waals surface area (Å²) in [4.78, 5) is 24.5. The van der Waals surface area contributed by atoms with Gasteiger partial charge in [-0.05, 0) is 38.5 Å². The molecule has 126 valence electrons. The van der Waals surface area contributed by atoms with E-state index in [1.54, 1.807) is 45.0 Å². The Bertz CT molecular complexity index is 723. The first-order valence-corrected chi connectivity index (χ1v) is 7.55. The summed E-state index contributed by atoms with van der Waals surface area (Å²) in [5.74, 6) is 0. The smallest absolute Gasteiger partial charge is 0.415 e. The number of carbonyl (C=O) groups is 1. The van der Waals surface area contributed by atoms with Gasteiger partial charge in [0.05, 0.1) is 11.5 Å². The molecule has 2 aromatic rings. The van der Waals surface area contributed by atoms with Gasteiger partial charge in [0, 0.05) is 17.8 Å². The summed E-state index contributed by atoms with van der Waals surface area (Å²) in [6.45, 7) is 5.56. The molecule has 0 saturated carbocycles. The number of nitro benzene ring substituents is 1. The van der Waals surface area contributed by atoms with E-state index in [1.165, 1.54) is 17.0 Å². The van der Waals surface area contributed by atoms with Gasteiger partial charge >= 0.3 is 6.09 Å². The zero-order chi connectivity index (χ0) is 17.7. The monoisotopic (exact) mass is 328 g/mol. The minimum Gasteiger partial charge on any atom is -0.443 e. The molecule has 0 aromatic heterocycles. The van der Waals surface area contributed by atoms with E-state index in [0.29, 0.717) is 11.3 Å². The second-order valence-corrected chi connectivity index (χ2v) is 6.33. The average Bonchev–Trinajstić information content (AvgIpc) is 2.52. The van der Waals surface area contributed by atoms with Crippen molar-refractivity contribution in [3.05, 3.63) is 70.3 Å². The van der Waals surface area contributed by atoms with Gasteiger partial charge in [-0.2, -0.15) is 0 Å². The van der Waals surface area contributed by atoms with Crippen LogP contribution in [0.3, 0.4) is 0 Å². The Labute approximate surface area is 140 Å². The summed E-state index contributed by atoms with van der Waals surface area (Å²) in [6, 6.07) is 15.3. The average molecular weight is 328 g/mol.